The first-order chi connectivity index (χ1) is 11.1. The third-order valence-corrected chi connectivity index (χ3v) is 3.73. The second-order valence-corrected chi connectivity index (χ2v) is 5.75. The van der Waals surface area contributed by atoms with Gasteiger partial charge in [0.1, 0.15) is 12.4 Å². The van der Waals surface area contributed by atoms with Crippen LogP contribution < -0.4 is 10.3 Å². The molecule has 1 aromatic heterocycles. The van der Waals surface area contributed by atoms with E-state index < -0.39 is 0 Å². The van der Waals surface area contributed by atoms with Gasteiger partial charge in [-0.25, -0.2) is 0 Å². The lowest BCUT2D eigenvalue weighted by atomic mass is 10.1. The van der Waals surface area contributed by atoms with Crippen LogP contribution in [0.2, 0.25) is 0 Å². The summed E-state index contributed by atoms with van der Waals surface area (Å²) in [5.41, 5.74) is 1.59. The number of ether oxygens (including phenoxy) is 1. The van der Waals surface area contributed by atoms with Crippen LogP contribution in [0.15, 0.2) is 59.4 Å². The molecule has 118 valence electrons. The molecule has 23 heavy (non-hydrogen) atoms. The Morgan fingerprint density at radius 1 is 1.04 bits per heavy atom. The Balaban J connectivity index is 2.00. The molecule has 0 amide bonds. The fourth-order valence-electron chi connectivity index (χ4n) is 2.51. The van der Waals surface area contributed by atoms with E-state index >= 15 is 0 Å². The predicted molar refractivity (Wildman–Crippen MR) is 94.1 cm³/mol. The molecule has 3 aromatic rings. The van der Waals surface area contributed by atoms with E-state index in [0.29, 0.717) is 12.0 Å². The van der Waals surface area contributed by atoms with Gasteiger partial charge < -0.3 is 14.6 Å². The quantitative estimate of drug-likeness (QED) is 0.787. The molecular formula is C19H20N2O2. The second kappa shape index (κ2) is 6.67. The third-order valence-electron chi connectivity index (χ3n) is 3.73. The van der Waals surface area contributed by atoms with Gasteiger partial charge in [-0.05, 0) is 43.7 Å². The number of nitrogens with zero attached hydrogens (tertiary/aromatic N) is 1. The summed E-state index contributed by atoms with van der Waals surface area (Å²) >= 11 is 0. The SMILES string of the molecule is CN(C)CCOc1ccccc1-c1cc2ccccc2c(=O)[nH]1. The van der Waals surface area contributed by atoms with Crippen molar-refractivity contribution in [2.45, 2.75) is 0 Å². The summed E-state index contributed by atoms with van der Waals surface area (Å²) in [4.78, 5) is 17.3. The van der Waals surface area contributed by atoms with Gasteiger partial charge >= 0.3 is 0 Å². The minimum Gasteiger partial charge on any atom is -0.492 e. The van der Waals surface area contributed by atoms with E-state index in [1.54, 1.807) is 0 Å². The van der Waals surface area contributed by atoms with Gasteiger partial charge in [0.2, 0.25) is 0 Å². The molecule has 0 radical (unpaired) electrons. The van der Waals surface area contributed by atoms with Crippen LogP contribution in [-0.4, -0.2) is 37.1 Å². The van der Waals surface area contributed by atoms with Gasteiger partial charge in [0.05, 0.1) is 5.69 Å². The van der Waals surface area contributed by atoms with Crippen molar-refractivity contribution in [3.63, 3.8) is 0 Å². The van der Waals surface area contributed by atoms with Gasteiger partial charge in [0.15, 0.2) is 0 Å². The van der Waals surface area contributed by atoms with Gasteiger partial charge in [-0.2, -0.15) is 0 Å². The number of rotatable bonds is 5. The van der Waals surface area contributed by atoms with Crippen molar-refractivity contribution in [2.24, 2.45) is 0 Å². The highest BCUT2D eigenvalue weighted by molar-refractivity contribution is 5.85. The van der Waals surface area contributed by atoms with Crippen molar-refractivity contribution in [3.8, 4) is 17.0 Å². The number of hydrogen-bond donors (Lipinski definition) is 1. The molecular weight excluding hydrogens is 288 g/mol. The number of benzene rings is 2. The average Bonchev–Trinajstić information content (AvgIpc) is 2.55. The number of fused-ring (bicyclic) bond motifs is 1. The molecule has 0 spiro atoms. The first-order valence-corrected chi connectivity index (χ1v) is 7.64. The Bertz CT molecular complexity index is 868. The maximum atomic E-state index is 12.3. The number of hydrogen-bond acceptors (Lipinski definition) is 3. The molecule has 0 aliphatic carbocycles. The molecule has 0 atom stereocenters. The lowest BCUT2D eigenvalue weighted by Gasteiger charge is -2.14. The first-order valence-electron chi connectivity index (χ1n) is 7.64. The third kappa shape index (κ3) is 3.43. The largest absolute Gasteiger partial charge is 0.492 e. The Morgan fingerprint density at radius 2 is 1.78 bits per heavy atom. The van der Waals surface area contributed by atoms with Crippen LogP contribution in [0.3, 0.4) is 0 Å². The zero-order valence-corrected chi connectivity index (χ0v) is 13.4. The van der Waals surface area contributed by atoms with Gasteiger partial charge in [0.25, 0.3) is 5.56 Å². The van der Waals surface area contributed by atoms with Crippen LogP contribution in [0.25, 0.3) is 22.0 Å². The van der Waals surface area contributed by atoms with Gasteiger partial charge in [-0.1, -0.05) is 30.3 Å². The van der Waals surface area contributed by atoms with Crippen LogP contribution in [0, 0.1) is 0 Å². The van der Waals surface area contributed by atoms with E-state index in [1.807, 2.05) is 68.7 Å². The normalized spacial score (nSPS) is 11.1. The average molecular weight is 308 g/mol. The van der Waals surface area contributed by atoms with Crippen molar-refractivity contribution in [1.29, 1.82) is 0 Å². The van der Waals surface area contributed by atoms with Gasteiger partial charge in [0, 0.05) is 17.5 Å². The van der Waals surface area contributed by atoms with Crippen LogP contribution in [0.5, 0.6) is 5.75 Å². The fraction of sp³-hybridized carbons (Fsp3) is 0.211. The zero-order chi connectivity index (χ0) is 16.2. The van der Waals surface area contributed by atoms with Gasteiger partial charge in [-0.3, -0.25) is 4.79 Å². The molecule has 4 nitrogen and oxygen atoms in total. The number of likely N-dealkylation sites (N-methyl/N-ethyl adjacent to an activating group) is 1. The summed E-state index contributed by atoms with van der Waals surface area (Å²) in [6.45, 7) is 1.43. The van der Waals surface area contributed by atoms with Crippen molar-refractivity contribution >= 4 is 10.8 Å². The van der Waals surface area contributed by atoms with Crippen molar-refractivity contribution in [2.75, 3.05) is 27.2 Å². The summed E-state index contributed by atoms with van der Waals surface area (Å²) in [6.07, 6.45) is 0. The maximum absolute atomic E-state index is 12.3. The van der Waals surface area contributed by atoms with Crippen molar-refractivity contribution in [1.82, 2.24) is 9.88 Å². The smallest absolute Gasteiger partial charge is 0.256 e. The molecule has 0 fully saturated rings. The van der Waals surface area contributed by atoms with E-state index in [4.69, 9.17) is 4.74 Å². The molecule has 1 N–H and O–H groups in total. The van der Waals surface area contributed by atoms with E-state index in [0.717, 1.165) is 28.9 Å². The van der Waals surface area contributed by atoms with E-state index in [-0.39, 0.29) is 5.56 Å². The topological polar surface area (TPSA) is 45.3 Å². The summed E-state index contributed by atoms with van der Waals surface area (Å²) in [7, 11) is 4.02. The number of aromatic nitrogens is 1. The summed E-state index contributed by atoms with van der Waals surface area (Å²) in [6, 6.07) is 17.4. The second-order valence-electron chi connectivity index (χ2n) is 5.75. The Kier molecular flexibility index (Phi) is 4.44. The Labute approximate surface area is 135 Å². The molecule has 4 heteroatoms. The van der Waals surface area contributed by atoms with Crippen LogP contribution >= 0.6 is 0 Å². The van der Waals surface area contributed by atoms with E-state index in [9.17, 15) is 4.79 Å². The number of para-hydroxylation sites is 1. The number of pyridine rings is 1. The molecule has 0 unspecified atom stereocenters. The summed E-state index contributed by atoms with van der Waals surface area (Å²) in [5, 5.41) is 1.62. The molecule has 0 bridgehead atoms. The lowest BCUT2D eigenvalue weighted by molar-refractivity contribution is 0.262. The molecule has 0 saturated carbocycles. The molecule has 1 heterocycles. The van der Waals surface area contributed by atoms with Gasteiger partial charge in [-0.15, -0.1) is 0 Å². The fourth-order valence-corrected chi connectivity index (χ4v) is 2.51. The molecule has 0 aliphatic heterocycles. The van der Waals surface area contributed by atoms with E-state index in [1.165, 1.54) is 0 Å². The van der Waals surface area contributed by atoms with Crippen LogP contribution in [0.4, 0.5) is 0 Å². The van der Waals surface area contributed by atoms with Crippen molar-refractivity contribution < 1.29 is 4.74 Å². The highest BCUT2D eigenvalue weighted by Gasteiger charge is 2.09. The van der Waals surface area contributed by atoms with E-state index in [2.05, 4.69) is 9.88 Å². The molecule has 0 aliphatic rings. The molecule has 0 saturated heterocycles. The predicted octanol–water partition coefficient (Wildman–Crippen LogP) is 3.14. The standard InChI is InChI=1S/C19H20N2O2/c1-21(2)11-12-23-18-10-6-5-9-16(18)17-13-14-7-3-4-8-15(14)19(22)20-17/h3-10,13H,11-12H2,1-2H3,(H,20,22). The van der Waals surface area contributed by atoms with Crippen molar-refractivity contribution in [3.05, 3.63) is 65.0 Å². The number of nitrogens with one attached hydrogen (secondary N) is 1. The summed E-state index contributed by atoms with van der Waals surface area (Å²) < 4.78 is 5.89. The monoisotopic (exact) mass is 308 g/mol. The maximum Gasteiger partial charge on any atom is 0.256 e. The number of H-pyrrole nitrogens is 1. The zero-order valence-electron chi connectivity index (χ0n) is 13.4. The number of aromatic amines is 1. The van der Waals surface area contributed by atoms with Crippen LogP contribution in [-0.2, 0) is 0 Å². The highest BCUT2D eigenvalue weighted by Crippen LogP contribution is 2.29. The minimum atomic E-state index is -0.0822. The lowest BCUT2D eigenvalue weighted by Crippen LogP contribution is -2.19. The molecule has 3 rings (SSSR count). The van der Waals surface area contributed by atoms with Crippen LogP contribution in [0.1, 0.15) is 0 Å². The minimum absolute atomic E-state index is 0.0822. The Hall–Kier alpha value is -2.59. The summed E-state index contributed by atoms with van der Waals surface area (Å²) in [5.74, 6) is 0.778. The first kappa shape index (κ1) is 15.3. The highest BCUT2D eigenvalue weighted by atomic mass is 16.5. The molecule has 2 aromatic carbocycles. The Morgan fingerprint density at radius 3 is 2.61 bits per heavy atom.